The van der Waals surface area contributed by atoms with Crippen LogP contribution in [0.4, 0.5) is 4.79 Å². The topological polar surface area (TPSA) is 88.9 Å². The lowest BCUT2D eigenvalue weighted by Crippen LogP contribution is -2.44. The number of carbonyl (C=O) groups excluding carboxylic acids is 2. The molecule has 24 heavy (non-hydrogen) atoms. The molecular weight excluding hydrogens is 326 g/mol. The summed E-state index contributed by atoms with van der Waals surface area (Å²) in [5.74, 6) is -0.248. The van der Waals surface area contributed by atoms with Crippen LogP contribution in [-0.2, 0) is 4.79 Å². The van der Waals surface area contributed by atoms with Gasteiger partial charge in [0, 0.05) is 11.7 Å². The van der Waals surface area contributed by atoms with Crippen molar-refractivity contribution in [3.8, 4) is 5.69 Å². The Hall–Kier alpha value is -2.35. The molecule has 0 unspecified atom stereocenters. The van der Waals surface area contributed by atoms with Crippen LogP contribution in [0.5, 0.6) is 0 Å². The summed E-state index contributed by atoms with van der Waals surface area (Å²) in [5, 5.41) is 13.7. The van der Waals surface area contributed by atoms with Gasteiger partial charge in [-0.05, 0) is 25.0 Å². The molecule has 0 aliphatic heterocycles. The number of nitrogens with zero attached hydrogens (tertiary/aromatic N) is 3. The maximum absolute atomic E-state index is 11.9. The summed E-state index contributed by atoms with van der Waals surface area (Å²) >= 11 is 1.24. The van der Waals surface area contributed by atoms with Crippen LogP contribution >= 0.6 is 11.8 Å². The summed E-state index contributed by atoms with van der Waals surface area (Å²) in [6.45, 7) is 0. The minimum Gasteiger partial charge on any atom is -0.335 e. The van der Waals surface area contributed by atoms with E-state index in [0.717, 1.165) is 31.4 Å². The van der Waals surface area contributed by atoms with Gasteiger partial charge in [0.1, 0.15) is 6.33 Å². The fraction of sp³-hybridized carbons (Fsp3) is 0.375. The lowest BCUT2D eigenvalue weighted by atomic mass is 10.2. The van der Waals surface area contributed by atoms with Gasteiger partial charge in [-0.2, -0.15) is 0 Å². The lowest BCUT2D eigenvalue weighted by Gasteiger charge is -2.12. The van der Waals surface area contributed by atoms with Gasteiger partial charge >= 0.3 is 6.03 Å². The Morgan fingerprint density at radius 1 is 1.21 bits per heavy atom. The van der Waals surface area contributed by atoms with Crippen molar-refractivity contribution in [2.45, 2.75) is 36.9 Å². The summed E-state index contributed by atoms with van der Waals surface area (Å²) in [5.41, 5.74) is 0.921. The minimum absolute atomic E-state index is 0.101. The predicted octanol–water partition coefficient (Wildman–Crippen LogP) is 2.13. The number of nitrogens with one attached hydrogen (secondary N) is 2. The third kappa shape index (κ3) is 4.35. The van der Waals surface area contributed by atoms with Crippen molar-refractivity contribution in [2.24, 2.45) is 0 Å². The van der Waals surface area contributed by atoms with Gasteiger partial charge < -0.3 is 5.32 Å². The molecule has 1 aromatic carbocycles. The molecule has 1 aromatic heterocycles. The third-order valence-corrected chi connectivity index (χ3v) is 4.77. The van der Waals surface area contributed by atoms with Gasteiger partial charge in [0.15, 0.2) is 5.16 Å². The molecule has 2 aromatic rings. The number of rotatable bonds is 5. The highest BCUT2D eigenvalue weighted by molar-refractivity contribution is 7.99. The quantitative estimate of drug-likeness (QED) is 0.811. The average molecular weight is 345 g/mol. The molecule has 1 fully saturated rings. The van der Waals surface area contributed by atoms with Gasteiger partial charge in [-0.25, -0.2) is 4.79 Å². The van der Waals surface area contributed by atoms with E-state index >= 15 is 0 Å². The lowest BCUT2D eigenvalue weighted by molar-refractivity contribution is -0.117. The number of benzene rings is 1. The maximum atomic E-state index is 11.9. The average Bonchev–Trinajstić information content (AvgIpc) is 3.25. The van der Waals surface area contributed by atoms with E-state index < -0.39 is 6.03 Å². The Bertz CT molecular complexity index is 698. The van der Waals surface area contributed by atoms with E-state index in [1.54, 1.807) is 10.9 Å². The highest BCUT2D eigenvalue weighted by atomic mass is 32.2. The molecule has 126 valence electrons. The first-order valence-corrected chi connectivity index (χ1v) is 8.89. The van der Waals surface area contributed by atoms with Crippen LogP contribution in [0.25, 0.3) is 5.69 Å². The SMILES string of the molecule is O=C(CSc1nncn1-c1ccccc1)NC(=O)NC1CCCC1. The Morgan fingerprint density at radius 2 is 1.96 bits per heavy atom. The van der Waals surface area contributed by atoms with Crippen LogP contribution in [0.2, 0.25) is 0 Å². The summed E-state index contributed by atoms with van der Waals surface area (Å²) in [4.78, 5) is 23.7. The van der Waals surface area contributed by atoms with Crippen molar-refractivity contribution in [3.05, 3.63) is 36.7 Å². The molecule has 1 aliphatic rings. The van der Waals surface area contributed by atoms with Crippen LogP contribution < -0.4 is 10.6 Å². The second-order valence-corrected chi connectivity index (χ2v) is 6.55. The summed E-state index contributed by atoms with van der Waals surface area (Å²) < 4.78 is 1.80. The summed E-state index contributed by atoms with van der Waals surface area (Å²) in [6, 6.07) is 9.40. The molecule has 2 N–H and O–H groups in total. The molecule has 1 heterocycles. The van der Waals surface area contributed by atoms with E-state index in [4.69, 9.17) is 0 Å². The Morgan fingerprint density at radius 3 is 2.71 bits per heavy atom. The minimum atomic E-state index is -0.419. The zero-order valence-corrected chi connectivity index (χ0v) is 14.0. The molecule has 0 radical (unpaired) electrons. The van der Waals surface area contributed by atoms with Gasteiger partial charge in [0.05, 0.1) is 5.75 Å². The number of imide groups is 1. The molecule has 7 nitrogen and oxygen atoms in total. The van der Waals surface area contributed by atoms with Crippen molar-refractivity contribution in [1.29, 1.82) is 0 Å². The number of amides is 3. The largest absolute Gasteiger partial charge is 0.335 e. The van der Waals surface area contributed by atoms with Crippen LogP contribution in [0.1, 0.15) is 25.7 Å². The molecule has 0 bridgehead atoms. The number of carbonyl (C=O) groups is 2. The summed E-state index contributed by atoms with van der Waals surface area (Å²) in [7, 11) is 0. The van der Waals surface area contributed by atoms with E-state index in [2.05, 4.69) is 20.8 Å². The van der Waals surface area contributed by atoms with E-state index in [9.17, 15) is 9.59 Å². The van der Waals surface area contributed by atoms with Crippen LogP contribution in [0, 0.1) is 0 Å². The molecular formula is C16H19N5O2S. The number of hydrogen-bond acceptors (Lipinski definition) is 5. The van der Waals surface area contributed by atoms with Gasteiger partial charge in [0.2, 0.25) is 5.91 Å². The number of para-hydroxylation sites is 1. The zero-order chi connectivity index (χ0) is 16.8. The van der Waals surface area contributed by atoms with Gasteiger partial charge in [-0.15, -0.1) is 10.2 Å². The van der Waals surface area contributed by atoms with Crippen molar-refractivity contribution in [2.75, 3.05) is 5.75 Å². The smallest absolute Gasteiger partial charge is 0.321 e. The molecule has 0 spiro atoms. The second kappa shape index (κ2) is 7.96. The van der Waals surface area contributed by atoms with Crippen LogP contribution in [-0.4, -0.2) is 38.5 Å². The van der Waals surface area contributed by atoms with E-state index in [-0.39, 0.29) is 17.7 Å². The van der Waals surface area contributed by atoms with Crippen molar-refractivity contribution >= 4 is 23.7 Å². The maximum Gasteiger partial charge on any atom is 0.321 e. The highest BCUT2D eigenvalue weighted by Gasteiger charge is 2.18. The van der Waals surface area contributed by atoms with E-state index in [1.807, 2.05) is 30.3 Å². The van der Waals surface area contributed by atoms with Gasteiger partial charge in [0.25, 0.3) is 0 Å². The number of urea groups is 1. The highest BCUT2D eigenvalue weighted by Crippen LogP contribution is 2.19. The second-order valence-electron chi connectivity index (χ2n) is 5.61. The molecule has 3 amide bonds. The molecule has 3 rings (SSSR count). The number of aromatic nitrogens is 3. The first kappa shape index (κ1) is 16.5. The van der Waals surface area contributed by atoms with E-state index in [1.165, 1.54) is 11.8 Å². The summed E-state index contributed by atoms with van der Waals surface area (Å²) in [6.07, 6.45) is 5.82. The van der Waals surface area contributed by atoms with Gasteiger partial charge in [-0.1, -0.05) is 42.8 Å². The Kier molecular flexibility index (Phi) is 5.47. The van der Waals surface area contributed by atoms with Crippen molar-refractivity contribution in [1.82, 2.24) is 25.4 Å². The fourth-order valence-electron chi connectivity index (χ4n) is 2.67. The van der Waals surface area contributed by atoms with Crippen LogP contribution in [0.3, 0.4) is 0 Å². The predicted molar refractivity (Wildman–Crippen MR) is 91.0 cm³/mol. The number of thioether (sulfide) groups is 1. The molecule has 1 saturated carbocycles. The van der Waals surface area contributed by atoms with Crippen molar-refractivity contribution < 1.29 is 9.59 Å². The standard InChI is InChI=1S/C16H19N5O2S/c22-14(19-15(23)18-12-6-4-5-7-12)10-24-16-20-17-11-21(16)13-8-2-1-3-9-13/h1-3,8-9,11-12H,4-7,10H2,(H2,18,19,22,23). The fourth-order valence-corrected chi connectivity index (χ4v) is 3.40. The molecule has 8 heteroatoms. The molecule has 1 aliphatic carbocycles. The normalized spacial score (nSPS) is 14.5. The first-order valence-electron chi connectivity index (χ1n) is 7.91. The van der Waals surface area contributed by atoms with E-state index in [0.29, 0.717) is 5.16 Å². The molecule has 0 saturated heterocycles. The van der Waals surface area contributed by atoms with Crippen molar-refractivity contribution in [3.63, 3.8) is 0 Å². The zero-order valence-electron chi connectivity index (χ0n) is 13.1. The monoisotopic (exact) mass is 345 g/mol. The van der Waals surface area contributed by atoms with Gasteiger partial charge in [-0.3, -0.25) is 14.7 Å². The Balaban J connectivity index is 1.50. The van der Waals surface area contributed by atoms with Crippen LogP contribution in [0.15, 0.2) is 41.8 Å². The Labute approximate surface area is 144 Å². The number of hydrogen-bond donors (Lipinski definition) is 2. The first-order chi connectivity index (χ1) is 11.7. The molecule has 0 atom stereocenters. The third-order valence-electron chi connectivity index (χ3n) is 3.83.